The first-order valence-electron chi connectivity index (χ1n) is 33.5. The number of fused-ring (bicyclic) bond motifs is 18. The van der Waals surface area contributed by atoms with Crippen LogP contribution in [0, 0.1) is 41.5 Å². The van der Waals surface area contributed by atoms with E-state index < -0.39 is 0 Å². The molecule has 0 saturated heterocycles. The highest BCUT2D eigenvalue weighted by Gasteiger charge is 2.53. The minimum absolute atomic E-state index is 0.0533. The second-order valence-electron chi connectivity index (χ2n) is 28.1. The maximum Gasteiger partial charge on any atom is 0.333 e. The molecule has 0 amide bonds. The normalized spacial score (nSPS) is 14.1. The molecule has 10 heterocycles. The predicted octanol–water partition coefficient (Wildman–Crippen LogP) is 14.7. The summed E-state index contributed by atoms with van der Waals surface area (Å²) in [7, 11) is 0. The third-order valence-corrected chi connectivity index (χ3v) is 23.3. The highest BCUT2D eigenvalue weighted by molar-refractivity contribution is 6.96. The summed E-state index contributed by atoms with van der Waals surface area (Å²) >= 11 is 0. The largest absolute Gasteiger partial charge is 0.375 e. The summed E-state index contributed by atoms with van der Waals surface area (Å²) in [5.41, 5.74) is 41.8. The number of nitrogens with zero attached hydrogens (tertiary/aromatic N) is 6. The quantitative estimate of drug-likeness (QED) is 0.164. The first-order valence-corrected chi connectivity index (χ1v) is 33.5. The third kappa shape index (κ3) is 5.78. The van der Waals surface area contributed by atoms with E-state index in [0.717, 1.165) is 11.4 Å². The average molecular weight is 1190 g/mol. The van der Waals surface area contributed by atoms with Crippen LogP contribution in [-0.2, 0) is 0 Å². The van der Waals surface area contributed by atoms with Crippen LogP contribution in [0.15, 0.2) is 231 Å². The monoisotopic (exact) mass is 1190 g/mol. The van der Waals surface area contributed by atoms with Gasteiger partial charge in [-0.25, -0.2) is 0 Å². The molecule has 0 radical (unpaired) electrons. The number of anilines is 6. The molecule has 0 saturated carbocycles. The molecule has 434 valence electrons. The van der Waals surface area contributed by atoms with E-state index in [-0.39, 0.29) is 27.4 Å². The van der Waals surface area contributed by atoms with Gasteiger partial charge in [0.05, 0.1) is 0 Å². The summed E-state index contributed by atoms with van der Waals surface area (Å²) in [5.74, 6) is 0. The Morgan fingerprint density at radius 3 is 0.926 bits per heavy atom. The lowest BCUT2D eigenvalue weighted by atomic mass is 9.39. The smallest absolute Gasteiger partial charge is 0.333 e. The van der Waals surface area contributed by atoms with Crippen molar-refractivity contribution >= 4 is 192 Å². The van der Waals surface area contributed by atoms with E-state index in [1.807, 2.05) is 0 Å². The van der Waals surface area contributed by atoms with Gasteiger partial charge in [0, 0.05) is 144 Å². The molecular formula is C84H56B4N6. The highest BCUT2D eigenvalue weighted by Crippen LogP contribution is 2.55. The second-order valence-corrected chi connectivity index (χ2v) is 28.1. The maximum atomic E-state index is 2.82. The zero-order valence-corrected chi connectivity index (χ0v) is 52.9. The second kappa shape index (κ2) is 17.1. The van der Waals surface area contributed by atoms with Crippen LogP contribution >= 0.6 is 0 Å². The molecule has 23 rings (SSSR count). The molecule has 6 aliphatic heterocycles. The lowest BCUT2D eigenvalue weighted by Crippen LogP contribution is -2.63. The van der Waals surface area contributed by atoms with Crippen LogP contribution in [0.25, 0.3) is 109 Å². The Labute approximate surface area is 544 Å². The van der Waals surface area contributed by atoms with Crippen molar-refractivity contribution in [1.29, 1.82) is 0 Å². The van der Waals surface area contributed by atoms with Gasteiger partial charge >= 0.3 is 27.4 Å². The van der Waals surface area contributed by atoms with Gasteiger partial charge in [-0.3, -0.25) is 0 Å². The Bertz CT molecular complexity index is 6050. The SMILES string of the molecule is Cc1cc(C)c(B2c3ccc4c5ccccc5n5c4c3-c3c4c(cc6c7ccccc7n2c36)N(c2ccccc2)c2cc3c(cc2B45)B2c4c(cc5c6ccccc6n6c5c4-c4c(ccc5c7ccccc7n2c45)B6c2c(C)cc(C)cc2C)N3c2ccccc2)c(C)c1. The first-order chi connectivity index (χ1) is 46.2. The van der Waals surface area contributed by atoms with Gasteiger partial charge in [0.25, 0.3) is 0 Å². The molecule has 0 atom stereocenters. The molecule has 0 unspecified atom stereocenters. The van der Waals surface area contributed by atoms with Crippen LogP contribution in [0.1, 0.15) is 33.4 Å². The van der Waals surface area contributed by atoms with Crippen molar-refractivity contribution in [2.24, 2.45) is 0 Å². The first kappa shape index (κ1) is 50.5. The van der Waals surface area contributed by atoms with Crippen LogP contribution in [0.5, 0.6) is 0 Å². The summed E-state index contributed by atoms with van der Waals surface area (Å²) in [6.07, 6.45) is 0. The number of benzene rings is 13. The van der Waals surface area contributed by atoms with Crippen molar-refractivity contribution in [2.45, 2.75) is 41.5 Å². The van der Waals surface area contributed by atoms with Gasteiger partial charge in [0.1, 0.15) is 0 Å². The number of aromatic nitrogens is 4. The molecule has 0 fully saturated rings. The molecule has 6 nitrogen and oxygen atoms in total. The third-order valence-electron chi connectivity index (χ3n) is 23.3. The fraction of sp³-hybridized carbons (Fsp3) is 0.0714. The summed E-state index contributed by atoms with van der Waals surface area (Å²) in [4.78, 5) is 5.33. The summed E-state index contributed by atoms with van der Waals surface area (Å²) in [6.45, 7) is 13.4. The Balaban J connectivity index is 0.909. The zero-order chi connectivity index (χ0) is 61.7. The number of aryl methyl sites for hydroxylation is 6. The van der Waals surface area contributed by atoms with Crippen LogP contribution in [0.2, 0.25) is 0 Å². The minimum atomic E-state index is -0.203. The molecule has 10 heteroatoms. The van der Waals surface area contributed by atoms with Crippen molar-refractivity contribution in [3.05, 3.63) is 264 Å². The molecule has 0 aliphatic carbocycles. The average Bonchev–Trinajstić information content (AvgIpc) is 1.39. The molecule has 0 bridgehead atoms. The van der Waals surface area contributed by atoms with Crippen molar-refractivity contribution in [1.82, 2.24) is 17.9 Å². The molecule has 13 aromatic carbocycles. The lowest BCUT2D eigenvalue weighted by Gasteiger charge is -2.46. The van der Waals surface area contributed by atoms with Crippen LogP contribution in [-0.4, -0.2) is 45.3 Å². The molecule has 17 aromatic rings. The standard InChI is InChI=1S/C84H56B4N6/c1-45-37-47(3)77(48(4)38-45)85-61-35-33-57-53-25-13-17-29-65(53)91-81(57)73(61)75-79-71(41-59-55-27-15-19-31-67(55)93(85)83(59)75)89(51-21-9-7-10-22-51)69-44-70-64(43-63(69)87(79)91)88-80-72(90(70)52-23-11-8-12-24-52)42-60-56-28-16-20-32-68(56)94-84(60)76(80)74-62(86(94)78-49(5)39-46(2)40-50(78)6)36-34-58-54-26-14-18-30-66(54)92(88)82(58)74/h7-44H,1-6H3. The molecule has 0 N–H and O–H groups in total. The minimum Gasteiger partial charge on any atom is -0.375 e. The molecule has 94 heavy (non-hydrogen) atoms. The van der Waals surface area contributed by atoms with Crippen LogP contribution < -0.4 is 53.5 Å². The predicted molar refractivity (Wildman–Crippen MR) is 402 cm³/mol. The maximum absolute atomic E-state index is 2.82. The van der Waals surface area contributed by atoms with Crippen molar-refractivity contribution in [3.63, 3.8) is 0 Å². The number of para-hydroxylation sites is 6. The fourth-order valence-corrected chi connectivity index (χ4v) is 20.4. The van der Waals surface area contributed by atoms with Gasteiger partial charge in [-0.2, -0.15) is 0 Å². The summed E-state index contributed by atoms with van der Waals surface area (Å²) in [5, 5.41) is 10.3. The van der Waals surface area contributed by atoms with Crippen LogP contribution in [0.3, 0.4) is 0 Å². The number of hydrogen-bond acceptors (Lipinski definition) is 2. The summed E-state index contributed by atoms with van der Waals surface area (Å²) < 4.78 is 11.2. The van der Waals surface area contributed by atoms with Gasteiger partial charge in [0.2, 0.25) is 0 Å². The van der Waals surface area contributed by atoms with E-state index >= 15 is 0 Å². The summed E-state index contributed by atoms with van der Waals surface area (Å²) in [6, 6.07) is 90.0. The van der Waals surface area contributed by atoms with Gasteiger partial charge in [-0.05, 0) is 152 Å². The van der Waals surface area contributed by atoms with Crippen LogP contribution in [0.4, 0.5) is 34.1 Å². The van der Waals surface area contributed by atoms with E-state index in [9.17, 15) is 0 Å². The zero-order valence-electron chi connectivity index (χ0n) is 52.9. The highest BCUT2D eigenvalue weighted by atomic mass is 15.2. The van der Waals surface area contributed by atoms with E-state index in [1.165, 1.54) is 209 Å². The van der Waals surface area contributed by atoms with Gasteiger partial charge < -0.3 is 27.7 Å². The number of rotatable bonds is 4. The van der Waals surface area contributed by atoms with E-state index in [4.69, 9.17) is 0 Å². The Morgan fingerprint density at radius 1 is 0.234 bits per heavy atom. The van der Waals surface area contributed by atoms with Gasteiger partial charge in [-0.15, -0.1) is 0 Å². The Morgan fingerprint density at radius 2 is 0.553 bits per heavy atom. The number of hydrogen-bond donors (Lipinski definition) is 0. The lowest BCUT2D eigenvalue weighted by molar-refractivity contribution is 1.23. The Kier molecular flexibility index (Phi) is 9.22. The van der Waals surface area contributed by atoms with E-state index in [0.29, 0.717) is 0 Å². The van der Waals surface area contributed by atoms with E-state index in [1.54, 1.807) is 0 Å². The van der Waals surface area contributed by atoms with Crippen molar-refractivity contribution in [2.75, 3.05) is 9.80 Å². The molecule has 6 aliphatic rings. The molecular weight excluding hydrogens is 1140 g/mol. The topological polar surface area (TPSA) is 26.2 Å². The van der Waals surface area contributed by atoms with Gasteiger partial charge in [-0.1, -0.05) is 197 Å². The van der Waals surface area contributed by atoms with E-state index in [2.05, 4.69) is 300 Å². The van der Waals surface area contributed by atoms with Crippen molar-refractivity contribution in [3.8, 4) is 22.3 Å². The van der Waals surface area contributed by atoms with Crippen molar-refractivity contribution < 1.29 is 0 Å². The fourth-order valence-electron chi connectivity index (χ4n) is 20.4. The molecule has 0 spiro atoms. The van der Waals surface area contributed by atoms with Gasteiger partial charge in [0.15, 0.2) is 0 Å². The Hall–Kier alpha value is -11.1. The molecule has 4 aromatic heterocycles.